The molecule has 0 aromatic rings. The van der Waals surface area contributed by atoms with E-state index < -0.39 is 0 Å². The van der Waals surface area contributed by atoms with Gasteiger partial charge in [-0.05, 0) is 36.3 Å². The molecule has 3 heteroatoms. The van der Waals surface area contributed by atoms with Crippen molar-refractivity contribution in [1.29, 1.82) is 0 Å². The lowest BCUT2D eigenvalue weighted by Gasteiger charge is -2.38. The average molecular weight is 250 g/mol. The fourth-order valence-electron chi connectivity index (χ4n) is 2.39. The third-order valence-electron chi connectivity index (χ3n) is 3.40. The van der Waals surface area contributed by atoms with Gasteiger partial charge in [0.25, 0.3) is 0 Å². The molecule has 1 saturated carbocycles. The zero-order valence-corrected chi connectivity index (χ0v) is 11.7. The summed E-state index contributed by atoms with van der Waals surface area (Å²) in [6, 6.07) is 0. The number of rotatable bonds is 3. The molecule has 18 heavy (non-hydrogen) atoms. The molecule has 0 aromatic carbocycles. The normalized spacial score (nSPS) is 25.0. The molecule has 1 aliphatic rings. The number of ether oxygens (including phenoxy) is 1. The highest BCUT2D eigenvalue weighted by Crippen LogP contribution is 2.43. The number of carbonyl (C=O) groups excluding carboxylic acids is 2. The van der Waals surface area contributed by atoms with Gasteiger partial charge in [-0.3, -0.25) is 9.59 Å². The van der Waals surface area contributed by atoms with Crippen LogP contribution in [-0.2, 0) is 14.3 Å². The maximum Gasteiger partial charge on any atom is 0.303 e. The van der Waals surface area contributed by atoms with Gasteiger partial charge in [-0.15, -0.1) is 0 Å². The fraction of sp³-hybridized carbons (Fsp3) is 0.600. The van der Waals surface area contributed by atoms with E-state index >= 15 is 0 Å². The summed E-state index contributed by atoms with van der Waals surface area (Å²) in [4.78, 5) is 22.2. The second-order valence-electron chi connectivity index (χ2n) is 5.57. The summed E-state index contributed by atoms with van der Waals surface area (Å²) >= 11 is 0. The molecule has 1 aliphatic carbocycles. The Morgan fingerprint density at radius 1 is 1.44 bits per heavy atom. The van der Waals surface area contributed by atoms with Crippen molar-refractivity contribution in [3.63, 3.8) is 0 Å². The molecule has 0 amide bonds. The van der Waals surface area contributed by atoms with Crippen molar-refractivity contribution in [3.8, 4) is 0 Å². The van der Waals surface area contributed by atoms with Crippen LogP contribution >= 0.6 is 0 Å². The molecule has 0 spiro atoms. The number of carbonyl (C=O) groups is 2. The van der Waals surface area contributed by atoms with Crippen molar-refractivity contribution in [2.24, 2.45) is 5.41 Å². The van der Waals surface area contributed by atoms with Crippen molar-refractivity contribution in [3.05, 3.63) is 23.8 Å². The van der Waals surface area contributed by atoms with Gasteiger partial charge in [0.1, 0.15) is 11.9 Å². The summed E-state index contributed by atoms with van der Waals surface area (Å²) < 4.78 is 5.27. The molecule has 1 atom stereocenters. The first-order valence-corrected chi connectivity index (χ1v) is 6.30. The minimum Gasteiger partial charge on any atom is -0.458 e. The molecule has 0 saturated heterocycles. The smallest absolute Gasteiger partial charge is 0.303 e. The van der Waals surface area contributed by atoms with Crippen LogP contribution in [0.4, 0.5) is 0 Å². The molecule has 0 aliphatic heterocycles. The first-order chi connectivity index (χ1) is 8.24. The van der Waals surface area contributed by atoms with Crippen molar-refractivity contribution in [2.75, 3.05) is 0 Å². The SMILES string of the molecule is C=C1/C(=C\CC(C)=O)C(C)(C)CCC1OC(C)=O. The highest BCUT2D eigenvalue weighted by molar-refractivity contribution is 5.77. The number of hydrogen-bond donors (Lipinski definition) is 0. The van der Waals surface area contributed by atoms with E-state index in [0.717, 1.165) is 24.0 Å². The molecule has 0 aromatic heterocycles. The Balaban J connectivity index is 2.94. The topological polar surface area (TPSA) is 43.4 Å². The Bertz CT molecular complexity index is 402. The van der Waals surface area contributed by atoms with Gasteiger partial charge in [-0.1, -0.05) is 26.5 Å². The summed E-state index contributed by atoms with van der Waals surface area (Å²) in [6.45, 7) is 11.3. The third-order valence-corrected chi connectivity index (χ3v) is 3.40. The van der Waals surface area contributed by atoms with Crippen LogP contribution in [-0.4, -0.2) is 17.9 Å². The maximum atomic E-state index is 11.1. The van der Waals surface area contributed by atoms with E-state index in [0.29, 0.717) is 6.42 Å². The second kappa shape index (κ2) is 5.51. The Morgan fingerprint density at radius 3 is 2.56 bits per heavy atom. The number of esters is 1. The van der Waals surface area contributed by atoms with Gasteiger partial charge in [0.05, 0.1) is 0 Å². The molecule has 100 valence electrons. The summed E-state index contributed by atoms with van der Waals surface area (Å²) in [7, 11) is 0. The number of hydrogen-bond acceptors (Lipinski definition) is 3. The molecule has 1 rings (SSSR count). The third kappa shape index (κ3) is 3.56. The van der Waals surface area contributed by atoms with Crippen LogP contribution < -0.4 is 0 Å². The van der Waals surface area contributed by atoms with E-state index in [1.807, 2.05) is 6.08 Å². The largest absolute Gasteiger partial charge is 0.458 e. The summed E-state index contributed by atoms with van der Waals surface area (Å²) in [5, 5.41) is 0. The van der Waals surface area contributed by atoms with Crippen LogP contribution in [0.3, 0.4) is 0 Å². The van der Waals surface area contributed by atoms with Crippen LogP contribution in [0.25, 0.3) is 0 Å². The van der Waals surface area contributed by atoms with Gasteiger partial charge in [-0.25, -0.2) is 0 Å². The monoisotopic (exact) mass is 250 g/mol. The molecular weight excluding hydrogens is 228 g/mol. The van der Waals surface area contributed by atoms with Crippen LogP contribution in [0, 0.1) is 5.41 Å². The molecule has 3 nitrogen and oxygen atoms in total. The summed E-state index contributed by atoms with van der Waals surface area (Å²) in [5.74, 6) is -0.160. The predicted octanol–water partition coefficient (Wildman–Crippen LogP) is 3.20. The van der Waals surface area contributed by atoms with E-state index in [1.54, 1.807) is 6.92 Å². The van der Waals surface area contributed by atoms with Gasteiger partial charge < -0.3 is 4.74 Å². The van der Waals surface area contributed by atoms with Crippen LogP contribution in [0.5, 0.6) is 0 Å². The fourth-order valence-corrected chi connectivity index (χ4v) is 2.39. The Labute approximate surface area is 109 Å². The Morgan fingerprint density at radius 2 is 2.06 bits per heavy atom. The van der Waals surface area contributed by atoms with Gasteiger partial charge in [0.15, 0.2) is 0 Å². The zero-order valence-electron chi connectivity index (χ0n) is 11.7. The summed E-state index contributed by atoms with van der Waals surface area (Å²) in [5.41, 5.74) is 1.88. The lowest BCUT2D eigenvalue weighted by molar-refractivity contribution is -0.145. The molecule has 0 bridgehead atoms. The Hall–Kier alpha value is -1.38. The molecule has 0 radical (unpaired) electrons. The van der Waals surface area contributed by atoms with Crippen LogP contribution in [0.1, 0.15) is 47.0 Å². The van der Waals surface area contributed by atoms with Crippen molar-refractivity contribution < 1.29 is 14.3 Å². The predicted molar refractivity (Wildman–Crippen MR) is 71.1 cm³/mol. The molecular formula is C15H22O3. The van der Waals surface area contributed by atoms with Gasteiger partial charge in [0, 0.05) is 13.3 Å². The molecule has 0 heterocycles. The molecule has 1 unspecified atom stereocenters. The van der Waals surface area contributed by atoms with E-state index in [2.05, 4.69) is 20.4 Å². The summed E-state index contributed by atoms with van der Waals surface area (Å²) in [6.07, 6.45) is 3.82. The first kappa shape index (κ1) is 14.7. The zero-order chi connectivity index (χ0) is 13.9. The minimum absolute atomic E-state index is 0.0107. The van der Waals surface area contributed by atoms with Gasteiger partial charge in [-0.2, -0.15) is 0 Å². The van der Waals surface area contributed by atoms with Crippen molar-refractivity contribution >= 4 is 11.8 Å². The standard InChI is InChI=1S/C15H22O3/c1-10(16)6-7-13-11(2)14(18-12(3)17)8-9-15(13,4)5/h7,14H,2,6,8-9H2,1,3-5H3/b13-7+. The first-order valence-electron chi connectivity index (χ1n) is 6.30. The van der Waals surface area contributed by atoms with Crippen LogP contribution in [0.15, 0.2) is 23.8 Å². The van der Waals surface area contributed by atoms with E-state index in [1.165, 1.54) is 6.92 Å². The van der Waals surface area contributed by atoms with Gasteiger partial charge >= 0.3 is 5.97 Å². The molecule has 1 fully saturated rings. The lowest BCUT2D eigenvalue weighted by atomic mass is 9.69. The van der Waals surface area contributed by atoms with Crippen LogP contribution in [0.2, 0.25) is 0 Å². The number of Topliss-reactive ketones (excluding diaryl/α,β-unsaturated/α-hetero) is 1. The van der Waals surface area contributed by atoms with E-state index in [-0.39, 0.29) is 23.3 Å². The van der Waals surface area contributed by atoms with Crippen molar-refractivity contribution in [2.45, 2.75) is 53.1 Å². The van der Waals surface area contributed by atoms with Gasteiger partial charge in [0.2, 0.25) is 0 Å². The lowest BCUT2D eigenvalue weighted by Crippen LogP contribution is -2.32. The van der Waals surface area contributed by atoms with E-state index in [4.69, 9.17) is 4.74 Å². The minimum atomic E-state index is -0.285. The number of allylic oxidation sites excluding steroid dienone is 1. The Kier molecular flexibility index (Phi) is 4.49. The average Bonchev–Trinajstić information content (AvgIpc) is 2.21. The highest BCUT2D eigenvalue weighted by Gasteiger charge is 2.35. The quantitative estimate of drug-likeness (QED) is 0.722. The number of ketones is 1. The van der Waals surface area contributed by atoms with Crippen molar-refractivity contribution in [1.82, 2.24) is 0 Å². The second-order valence-corrected chi connectivity index (χ2v) is 5.57. The highest BCUT2D eigenvalue weighted by atomic mass is 16.5. The molecule has 0 N–H and O–H groups in total. The maximum absolute atomic E-state index is 11.1. The van der Waals surface area contributed by atoms with E-state index in [9.17, 15) is 9.59 Å².